The maximum atomic E-state index is 13.4. The van der Waals surface area contributed by atoms with Crippen LogP contribution in [0.5, 0.6) is 5.75 Å². The van der Waals surface area contributed by atoms with Crippen LogP contribution < -0.4 is 21.1 Å². The fourth-order valence-corrected chi connectivity index (χ4v) is 4.84. The van der Waals surface area contributed by atoms with Crippen LogP contribution in [0, 0.1) is 11.8 Å². The van der Waals surface area contributed by atoms with Crippen molar-refractivity contribution in [3.05, 3.63) is 29.8 Å². The Balaban J connectivity index is 1.58. The van der Waals surface area contributed by atoms with Crippen LogP contribution in [-0.2, 0) is 19.1 Å². The zero-order valence-corrected chi connectivity index (χ0v) is 22.4. The molecule has 0 bridgehead atoms. The lowest BCUT2D eigenvalue weighted by Gasteiger charge is -2.29. The van der Waals surface area contributed by atoms with E-state index in [0.29, 0.717) is 52.0 Å². The number of carbonyl (C=O) groups is 3. The van der Waals surface area contributed by atoms with E-state index in [0.717, 1.165) is 24.2 Å². The van der Waals surface area contributed by atoms with Gasteiger partial charge in [-0.25, -0.2) is 4.79 Å². The second-order valence-electron chi connectivity index (χ2n) is 11.0. The minimum Gasteiger partial charge on any atom is -0.493 e. The van der Waals surface area contributed by atoms with Crippen molar-refractivity contribution in [2.24, 2.45) is 17.6 Å². The molecule has 3 rings (SSSR count). The summed E-state index contributed by atoms with van der Waals surface area (Å²) in [6.45, 7) is 7.63. The van der Waals surface area contributed by atoms with Crippen LogP contribution in [0.2, 0.25) is 0 Å². The first-order chi connectivity index (χ1) is 17.6. The molecule has 2 amide bonds. The van der Waals surface area contributed by atoms with Crippen LogP contribution >= 0.6 is 0 Å². The smallest absolute Gasteiger partial charge is 0.407 e. The van der Waals surface area contributed by atoms with Gasteiger partial charge in [0.2, 0.25) is 5.91 Å². The Morgan fingerprint density at radius 3 is 2.54 bits per heavy atom. The number of nitrogens with one attached hydrogen (secondary N) is 2. The van der Waals surface area contributed by atoms with Crippen LogP contribution in [0.3, 0.4) is 0 Å². The topological polar surface area (TPSA) is 129 Å². The molecule has 206 valence electrons. The van der Waals surface area contributed by atoms with Gasteiger partial charge in [-0.15, -0.1) is 0 Å². The second kappa shape index (κ2) is 13.8. The zero-order chi connectivity index (χ0) is 26.8. The number of unbranched alkanes of at least 4 members (excludes halogenated alkanes) is 1. The van der Waals surface area contributed by atoms with E-state index in [1.165, 1.54) is 0 Å². The van der Waals surface area contributed by atoms with Gasteiger partial charge in [-0.3, -0.25) is 9.59 Å². The van der Waals surface area contributed by atoms with E-state index >= 15 is 0 Å². The number of para-hydroxylation sites is 1. The van der Waals surface area contributed by atoms with E-state index in [4.69, 9.17) is 19.9 Å². The van der Waals surface area contributed by atoms with E-state index in [1.807, 2.05) is 45.0 Å². The Morgan fingerprint density at radius 2 is 1.81 bits per heavy atom. The number of hydrogen-bond acceptors (Lipinski definition) is 7. The molecule has 3 atom stereocenters. The SMILES string of the molecule is CC(C)(C)OC(=O)NCCCC[C@H](CC(=O)[C@@H](N)C1CCOCC1)C(=O)N[C@@H]1CCOc2ccccc21. The number of alkyl carbamates (subject to hydrolysis) is 1. The molecule has 1 aromatic carbocycles. The van der Waals surface area contributed by atoms with Crippen LogP contribution in [-0.4, -0.2) is 55.8 Å². The van der Waals surface area contributed by atoms with Crippen LogP contribution in [0.15, 0.2) is 24.3 Å². The quantitative estimate of drug-likeness (QED) is 0.382. The van der Waals surface area contributed by atoms with Crippen molar-refractivity contribution in [3.63, 3.8) is 0 Å². The first-order valence-electron chi connectivity index (χ1n) is 13.5. The van der Waals surface area contributed by atoms with Gasteiger partial charge in [0.05, 0.1) is 18.7 Å². The molecule has 0 radical (unpaired) electrons. The molecule has 0 spiro atoms. The number of fused-ring (bicyclic) bond motifs is 1. The predicted octanol–water partition coefficient (Wildman–Crippen LogP) is 3.65. The van der Waals surface area contributed by atoms with Gasteiger partial charge in [0.15, 0.2) is 5.78 Å². The van der Waals surface area contributed by atoms with Gasteiger partial charge in [-0.1, -0.05) is 24.6 Å². The average Bonchev–Trinajstić information content (AvgIpc) is 2.87. The third kappa shape index (κ3) is 9.31. The highest BCUT2D eigenvalue weighted by Gasteiger charge is 2.32. The summed E-state index contributed by atoms with van der Waals surface area (Å²) in [5, 5.41) is 5.91. The molecule has 9 heteroatoms. The molecule has 1 fully saturated rings. The fourth-order valence-electron chi connectivity index (χ4n) is 4.84. The Labute approximate surface area is 220 Å². The highest BCUT2D eigenvalue weighted by Crippen LogP contribution is 2.32. The summed E-state index contributed by atoms with van der Waals surface area (Å²) in [5.41, 5.74) is 6.73. The van der Waals surface area contributed by atoms with Crippen molar-refractivity contribution in [2.45, 2.75) is 83.4 Å². The molecule has 1 saturated heterocycles. The lowest BCUT2D eigenvalue weighted by Crippen LogP contribution is -2.43. The number of nitrogens with two attached hydrogens (primary N) is 1. The van der Waals surface area contributed by atoms with Crippen molar-refractivity contribution in [2.75, 3.05) is 26.4 Å². The highest BCUT2D eigenvalue weighted by molar-refractivity contribution is 5.90. The highest BCUT2D eigenvalue weighted by atomic mass is 16.6. The summed E-state index contributed by atoms with van der Waals surface area (Å²) in [4.78, 5) is 38.4. The lowest BCUT2D eigenvalue weighted by molar-refractivity contribution is -0.131. The third-order valence-corrected chi connectivity index (χ3v) is 6.89. The Kier molecular flexibility index (Phi) is 10.8. The Morgan fingerprint density at radius 1 is 1.08 bits per heavy atom. The molecule has 2 aliphatic rings. The van der Waals surface area contributed by atoms with Gasteiger partial charge in [0, 0.05) is 44.1 Å². The van der Waals surface area contributed by atoms with Gasteiger partial charge in [-0.05, 0) is 58.4 Å². The maximum Gasteiger partial charge on any atom is 0.407 e. The molecule has 0 aliphatic carbocycles. The first kappa shape index (κ1) is 28.9. The normalized spacial score (nSPS) is 19.6. The molecule has 9 nitrogen and oxygen atoms in total. The largest absolute Gasteiger partial charge is 0.493 e. The predicted molar refractivity (Wildman–Crippen MR) is 140 cm³/mol. The number of rotatable bonds is 11. The monoisotopic (exact) mass is 517 g/mol. The van der Waals surface area contributed by atoms with E-state index in [1.54, 1.807) is 0 Å². The molecule has 4 N–H and O–H groups in total. The van der Waals surface area contributed by atoms with Crippen molar-refractivity contribution < 1.29 is 28.6 Å². The van der Waals surface area contributed by atoms with Gasteiger partial charge >= 0.3 is 6.09 Å². The number of amides is 2. The number of ether oxygens (including phenoxy) is 3. The summed E-state index contributed by atoms with van der Waals surface area (Å²) in [6.07, 6.45) is 3.72. The fraction of sp³-hybridized carbons (Fsp3) is 0.679. The standard InChI is InChI=1S/C28H43N3O6/c1-28(2,3)37-27(34)30-14-7-6-8-20(18-23(32)25(29)19-11-15-35-16-12-19)26(33)31-22-13-17-36-24-10-5-4-9-21(22)24/h4-5,9-10,19-20,22,25H,6-8,11-18,29H2,1-3H3,(H,30,34)(H,31,33)/t20-,22-,25+/m1/s1. The molecule has 0 saturated carbocycles. The average molecular weight is 518 g/mol. The Hall–Kier alpha value is -2.65. The van der Waals surface area contributed by atoms with Crippen molar-refractivity contribution >= 4 is 17.8 Å². The summed E-state index contributed by atoms with van der Waals surface area (Å²) < 4.78 is 16.4. The molecular weight excluding hydrogens is 474 g/mol. The number of benzene rings is 1. The number of carbonyl (C=O) groups excluding carboxylic acids is 3. The van der Waals surface area contributed by atoms with Gasteiger partial charge < -0.3 is 30.6 Å². The van der Waals surface area contributed by atoms with E-state index in [-0.39, 0.29) is 30.1 Å². The zero-order valence-electron chi connectivity index (χ0n) is 22.4. The van der Waals surface area contributed by atoms with E-state index in [2.05, 4.69) is 10.6 Å². The van der Waals surface area contributed by atoms with Crippen molar-refractivity contribution in [1.82, 2.24) is 10.6 Å². The summed E-state index contributed by atoms with van der Waals surface area (Å²) in [7, 11) is 0. The molecule has 2 heterocycles. The minimum absolute atomic E-state index is 0.0775. The van der Waals surface area contributed by atoms with Gasteiger partial charge in [-0.2, -0.15) is 0 Å². The number of hydrogen-bond donors (Lipinski definition) is 3. The molecule has 0 unspecified atom stereocenters. The second-order valence-corrected chi connectivity index (χ2v) is 11.0. The minimum atomic E-state index is -0.586. The van der Waals surface area contributed by atoms with Crippen LogP contribution in [0.1, 0.15) is 77.3 Å². The number of ketones is 1. The van der Waals surface area contributed by atoms with Gasteiger partial charge in [0.25, 0.3) is 0 Å². The first-order valence-corrected chi connectivity index (χ1v) is 13.5. The van der Waals surface area contributed by atoms with E-state index < -0.39 is 23.7 Å². The molecule has 37 heavy (non-hydrogen) atoms. The third-order valence-electron chi connectivity index (χ3n) is 6.89. The van der Waals surface area contributed by atoms with Crippen LogP contribution in [0.25, 0.3) is 0 Å². The van der Waals surface area contributed by atoms with Crippen molar-refractivity contribution in [1.29, 1.82) is 0 Å². The van der Waals surface area contributed by atoms with E-state index in [9.17, 15) is 14.4 Å². The lowest BCUT2D eigenvalue weighted by atomic mass is 9.85. The van der Waals surface area contributed by atoms with Gasteiger partial charge in [0.1, 0.15) is 11.4 Å². The van der Waals surface area contributed by atoms with Crippen molar-refractivity contribution in [3.8, 4) is 5.75 Å². The Bertz CT molecular complexity index is 909. The molecule has 2 aliphatic heterocycles. The maximum absolute atomic E-state index is 13.4. The van der Waals surface area contributed by atoms with Crippen LogP contribution in [0.4, 0.5) is 4.79 Å². The summed E-state index contributed by atoms with van der Waals surface area (Å²) in [5.74, 6) is 0.155. The molecule has 1 aromatic rings. The molecule has 0 aromatic heterocycles. The summed E-state index contributed by atoms with van der Waals surface area (Å²) >= 11 is 0. The summed E-state index contributed by atoms with van der Waals surface area (Å²) in [6, 6.07) is 6.96. The number of Topliss-reactive ketones (excluding diaryl/α,β-unsaturated/α-hetero) is 1. The molecular formula is C28H43N3O6.